The third kappa shape index (κ3) is 5.03. The average molecular weight is 245 g/mol. The van der Waals surface area contributed by atoms with E-state index in [0.29, 0.717) is 17.8 Å². The van der Waals surface area contributed by atoms with Gasteiger partial charge in [0.25, 0.3) is 0 Å². The molecular formula is C13H15N3O2. The molecule has 0 unspecified atom stereocenters. The highest BCUT2D eigenvalue weighted by atomic mass is 16.5. The Morgan fingerprint density at radius 1 is 1.50 bits per heavy atom. The van der Waals surface area contributed by atoms with Crippen molar-refractivity contribution in [3.63, 3.8) is 0 Å². The average Bonchev–Trinajstić information content (AvgIpc) is 2.37. The van der Waals surface area contributed by atoms with Gasteiger partial charge in [-0.2, -0.15) is 5.26 Å². The molecule has 0 saturated heterocycles. The lowest BCUT2D eigenvalue weighted by atomic mass is 10.1. The van der Waals surface area contributed by atoms with E-state index in [2.05, 4.69) is 11.4 Å². The molecule has 94 valence electrons. The summed E-state index contributed by atoms with van der Waals surface area (Å²) >= 11 is 0. The van der Waals surface area contributed by atoms with E-state index in [0.717, 1.165) is 5.56 Å². The van der Waals surface area contributed by atoms with Crippen molar-refractivity contribution in [2.45, 2.75) is 13.5 Å². The third-order valence-corrected chi connectivity index (χ3v) is 2.12. The van der Waals surface area contributed by atoms with Crippen molar-refractivity contribution in [3.8, 4) is 6.07 Å². The first kappa shape index (κ1) is 13.6. The Bertz CT molecular complexity index is 472. The molecule has 0 aromatic heterocycles. The summed E-state index contributed by atoms with van der Waals surface area (Å²) in [5.41, 5.74) is 7.71. The number of benzene rings is 1. The van der Waals surface area contributed by atoms with Crippen LogP contribution in [0.4, 0.5) is 0 Å². The molecule has 0 atom stereocenters. The van der Waals surface area contributed by atoms with E-state index in [9.17, 15) is 4.79 Å². The van der Waals surface area contributed by atoms with Gasteiger partial charge in [-0.15, -0.1) is 0 Å². The second-order valence-corrected chi connectivity index (χ2v) is 3.69. The summed E-state index contributed by atoms with van der Waals surface area (Å²) in [6.45, 7) is 2.00. The molecular weight excluding hydrogens is 230 g/mol. The highest BCUT2D eigenvalue weighted by Crippen LogP contribution is 2.02. The molecule has 5 heteroatoms. The van der Waals surface area contributed by atoms with Gasteiger partial charge >= 0.3 is 5.97 Å². The summed E-state index contributed by atoms with van der Waals surface area (Å²) < 4.78 is 4.73. The first-order valence-corrected chi connectivity index (χ1v) is 5.42. The number of nitrogens with one attached hydrogen (secondary N) is 1. The van der Waals surface area contributed by atoms with Crippen LogP contribution in [0.25, 0.3) is 0 Å². The van der Waals surface area contributed by atoms with Gasteiger partial charge < -0.3 is 15.8 Å². The second-order valence-electron chi connectivity index (χ2n) is 3.69. The second kappa shape index (κ2) is 6.97. The Labute approximate surface area is 106 Å². The number of hydrogen-bond acceptors (Lipinski definition) is 5. The van der Waals surface area contributed by atoms with Crippen molar-refractivity contribution < 1.29 is 9.53 Å². The van der Waals surface area contributed by atoms with Gasteiger partial charge in [0.2, 0.25) is 0 Å². The largest absolute Gasteiger partial charge is 0.459 e. The fraction of sp³-hybridized carbons (Fsp3) is 0.231. The molecule has 1 rings (SSSR count). The van der Waals surface area contributed by atoms with Crippen LogP contribution in [0.15, 0.2) is 36.2 Å². The number of nitriles is 1. The molecule has 0 heterocycles. The van der Waals surface area contributed by atoms with E-state index in [1.165, 1.54) is 6.92 Å². The van der Waals surface area contributed by atoms with Gasteiger partial charge in [0, 0.05) is 19.7 Å². The van der Waals surface area contributed by atoms with E-state index < -0.39 is 0 Å². The zero-order valence-corrected chi connectivity index (χ0v) is 10.1. The van der Waals surface area contributed by atoms with Gasteiger partial charge in [0.15, 0.2) is 0 Å². The number of rotatable bonds is 5. The summed E-state index contributed by atoms with van der Waals surface area (Å²) in [6, 6.07) is 9.29. The summed E-state index contributed by atoms with van der Waals surface area (Å²) in [5, 5.41) is 11.6. The van der Waals surface area contributed by atoms with Gasteiger partial charge in [0.05, 0.1) is 17.3 Å². The minimum atomic E-state index is -0.363. The van der Waals surface area contributed by atoms with Crippen molar-refractivity contribution in [3.05, 3.63) is 47.3 Å². The maximum absolute atomic E-state index is 10.6. The molecule has 0 fully saturated rings. The molecule has 0 aliphatic rings. The number of carbonyl (C=O) groups excluding carboxylic acids is 1. The monoisotopic (exact) mass is 245 g/mol. The Hall–Kier alpha value is -2.48. The van der Waals surface area contributed by atoms with Crippen LogP contribution >= 0.6 is 0 Å². The number of nitrogens with zero attached hydrogens (tertiary/aromatic N) is 1. The minimum absolute atomic E-state index is 0.0791. The van der Waals surface area contributed by atoms with E-state index >= 15 is 0 Å². The topological polar surface area (TPSA) is 88.1 Å². The molecule has 0 aliphatic carbocycles. The molecule has 1 aromatic carbocycles. The third-order valence-electron chi connectivity index (χ3n) is 2.12. The molecule has 0 saturated carbocycles. The number of esters is 1. The number of ether oxygens (including phenoxy) is 1. The van der Waals surface area contributed by atoms with Gasteiger partial charge in [-0.3, -0.25) is 4.79 Å². The normalized spacial score (nSPS) is 10.6. The van der Waals surface area contributed by atoms with Crippen LogP contribution in [-0.2, 0) is 16.1 Å². The molecule has 5 nitrogen and oxygen atoms in total. The van der Waals surface area contributed by atoms with Gasteiger partial charge in [-0.25, -0.2) is 0 Å². The molecule has 0 aliphatic heterocycles. The van der Waals surface area contributed by atoms with Crippen LogP contribution in [0.1, 0.15) is 18.1 Å². The zero-order chi connectivity index (χ0) is 13.4. The SMILES string of the molecule is CC(=O)OC/C(N)=C/NCc1ccc(C#N)cc1. The maximum atomic E-state index is 10.6. The van der Waals surface area contributed by atoms with Crippen molar-refractivity contribution in [2.24, 2.45) is 5.73 Å². The molecule has 0 spiro atoms. The molecule has 18 heavy (non-hydrogen) atoms. The standard InChI is InChI=1S/C13H15N3O2/c1-10(17)18-9-13(15)8-16-7-12-4-2-11(6-14)3-5-12/h2-5,8,16H,7,9,15H2,1H3/b13-8-. The minimum Gasteiger partial charge on any atom is -0.459 e. The van der Waals surface area contributed by atoms with Crippen LogP contribution in [0.3, 0.4) is 0 Å². The van der Waals surface area contributed by atoms with Crippen molar-refractivity contribution in [1.82, 2.24) is 5.32 Å². The van der Waals surface area contributed by atoms with Crippen LogP contribution in [0.2, 0.25) is 0 Å². The Morgan fingerprint density at radius 3 is 2.72 bits per heavy atom. The van der Waals surface area contributed by atoms with E-state index in [1.54, 1.807) is 18.3 Å². The zero-order valence-electron chi connectivity index (χ0n) is 10.1. The van der Waals surface area contributed by atoms with Gasteiger partial charge in [-0.1, -0.05) is 12.1 Å². The lowest BCUT2D eigenvalue weighted by Gasteiger charge is -2.04. The summed E-state index contributed by atoms with van der Waals surface area (Å²) in [4.78, 5) is 10.6. The molecule has 0 amide bonds. The van der Waals surface area contributed by atoms with Gasteiger partial charge in [0.1, 0.15) is 6.61 Å². The first-order valence-electron chi connectivity index (χ1n) is 5.42. The van der Waals surface area contributed by atoms with Crippen LogP contribution in [0.5, 0.6) is 0 Å². The number of hydrogen-bond donors (Lipinski definition) is 2. The number of nitrogens with two attached hydrogens (primary N) is 1. The van der Waals surface area contributed by atoms with E-state index in [-0.39, 0.29) is 12.6 Å². The smallest absolute Gasteiger partial charge is 0.303 e. The predicted octanol–water partition coefficient (Wildman–Crippen LogP) is 1.01. The summed E-state index contributed by atoms with van der Waals surface area (Å²) in [6.07, 6.45) is 1.60. The van der Waals surface area contributed by atoms with Crippen LogP contribution < -0.4 is 11.1 Å². The van der Waals surface area contributed by atoms with Crippen LogP contribution in [-0.4, -0.2) is 12.6 Å². The predicted molar refractivity (Wildman–Crippen MR) is 66.9 cm³/mol. The Balaban J connectivity index is 2.38. The summed E-state index contributed by atoms with van der Waals surface area (Å²) in [5.74, 6) is -0.363. The van der Waals surface area contributed by atoms with E-state index in [4.69, 9.17) is 15.7 Å². The highest BCUT2D eigenvalue weighted by molar-refractivity contribution is 5.66. The molecule has 0 bridgehead atoms. The lowest BCUT2D eigenvalue weighted by Crippen LogP contribution is -2.14. The van der Waals surface area contributed by atoms with Crippen molar-refractivity contribution in [1.29, 1.82) is 5.26 Å². The lowest BCUT2D eigenvalue weighted by molar-refractivity contribution is -0.140. The Kier molecular flexibility index (Phi) is 5.26. The maximum Gasteiger partial charge on any atom is 0.303 e. The fourth-order valence-electron chi connectivity index (χ4n) is 1.22. The Morgan fingerprint density at radius 2 is 2.17 bits per heavy atom. The van der Waals surface area contributed by atoms with Crippen molar-refractivity contribution >= 4 is 5.97 Å². The molecule has 1 aromatic rings. The quantitative estimate of drug-likeness (QED) is 0.756. The van der Waals surface area contributed by atoms with Crippen molar-refractivity contribution in [2.75, 3.05) is 6.61 Å². The van der Waals surface area contributed by atoms with Crippen LogP contribution in [0, 0.1) is 11.3 Å². The summed E-state index contributed by atoms with van der Waals surface area (Å²) in [7, 11) is 0. The molecule has 0 radical (unpaired) electrons. The van der Waals surface area contributed by atoms with Gasteiger partial charge in [-0.05, 0) is 17.7 Å². The first-order chi connectivity index (χ1) is 8.61. The fourth-order valence-corrected chi connectivity index (χ4v) is 1.22. The highest BCUT2D eigenvalue weighted by Gasteiger charge is 1.95. The van der Waals surface area contributed by atoms with E-state index in [1.807, 2.05) is 12.1 Å². The number of carbonyl (C=O) groups is 1. The molecule has 3 N–H and O–H groups in total.